The molecule has 3 N–H and O–H groups in total. The fraction of sp³-hybridized carbons (Fsp3) is 1.00. The van der Waals surface area contributed by atoms with E-state index in [9.17, 15) is 0 Å². The largest absolute Gasteiger partial charge is 0.396 e. The van der Waals surface area contributed by atoms with Gasteiger partial charge in [0.2, 0.25) is 0 Å². The summed E-state index contributed by atoms with van der Waals surface area (Å²) < 4.78 is 27.5. The molecule has 9 heteroatoms. The molecule has 0 saturated carbocycles. The maximum atomic E-state index is 5.71. The van der Waals surface area contributed by atoms with E-state index < -0.39 is 25.9 Å². The highest BCUT2D eigenvalue weighted by atomic mass is 28.5. The van der Waals surface area contributed by atoms with Crippen LogP contribution >= 0.6 is 0 Å². The molecule has 0 bridgehead atoms. The van der Waals surface area contributed by atoms with Gasteiger partial charge in [-0.25, -0.2) is 0 Å². The van der Waals surface area contributed by atoms with Crippen LogP contribution in [0.1, 0.15) is 6.92 Å². The maximum absolute atomic E-state index is 5.71. The lowest BCUT2D eigenvalue weighted by Gasteiger charge is -2.49. The molecule has 0 radical (unpaired) electrons. The van der Waals surface area contributed by atoms with Gasteiger partial charge in [-0.1, -0.05) is 6.92 Å². The van der Waals surface area contributed by atoms with Crippen LogP contribution in [-0.4, -0.2) is 47.3 Å². The Labute approximate surface area is 101 Å². The van der Waals surface area contributed by atoms with Crippen molar-refractivity contribution in [1.82, 2.24) is 13.9 Å². The second kappa shape index (κ2) is 4.96. The van der Waals surface area contributed by atoms with E-state index in [1.807, 2.05) is 0 Å². The van der Waals surface area contributed by atoms with Gasteiger partial charge in [0, 0.05) is 21.3 Å². The third-order valence-electron chi connectivity index (χ3n) is 3.02. The third kappa shape index (κ3) is 2.80. The predicted molar refractivity (Wildman–Crippen MR) is 69.9 cm³/mol. The first-order chi connectivity index (χ1) is 7.36. The molecule has 16 heavy (non-hydrogen) atoms. The Balaban J connectivity index is 2.99. The molecule has 96 valence electrons. The van der Waals surface area contributed by atoms with Gasteiger partial charge in [0.1, 0.15) is 0 Å². The first-order valence-corrected chi connectivity index (χ1v) is 12.3. The van der Waals surface area contributed by atoms with Crippen molar-refractivity contribution < 1.29 is 13.3 Å². The van der Waals surface area contributed by atoms with Gasteiger partial charge in [-0.3, -0.25) is 13.9 Å². The molecule has 6 nitrogen and oxygen atoms in total. The summed E-state index contributed by atoms with van der Waals surface area (Å²) in [7, 11) is -1.20. The van der Waals surface area contributed by atoms with Crippen LogP contribution in [0.4, 0.5) is 0 Å². The predicted octanol–water partition coefficient (Wildman–Crippen LogP) is -0.196. The average molecular weight is 282 g/mol. The fourth-order valence-corrected chi connectivity index (χ4v) is 18.3. The number of hydrogen-bond acceptors (Lipinski definition) is 6. The first-order valence-electron chi connectivity index (χ1n) is 5.40. The Morgan fingerprint density at radius 2 is 1.25 bits per heavy atom. The van der Waals surface area contributed by atoms with E-state index in [1.54, 1.807) is 21.3 Å². The average Bonchev–Trinajstić information content (AvgIpc) is 2.28. The molecule has 1 aliphatic rings. The quantitative estimate of drug-likeness (QED) is 0.621. The Bertz CT molecular complexity index is 236. The topological polar surface area (TPSA) is 63.8 Å². The highest BCUT2D eigenvalue weighted by Crippen LogP contribution is 2.16. The molecule has 1 fully saturated rings. The standard InChI is InChI=1S/C7H23N3O3Si3/c1-7-16(13-4)9-14(5,11-2)8-15(6,10-16)12-3/h8-10H,7H2,1-6H3. The molecular weight excluding hydrogens is 258 g/mol. The monoisotopic (exact) mass is 281 g/mol. The van der Waals surface area contributed by atoms with E-state index in [1.165, 1.54) is 0 Å². The van der Waals surface area contributed by atoms with Crippen molar-refractivity contribution in [2.45, 2.75) is 26.1 Å². The van der Waals surface area contributed by atoms with Crippen LogP contribution in [0.5, 0.6) is 0 Å². The summed E-state index contributed by atoms with van der Waals surface area (Å²) in [6.07, 6.45) is 0. The molecule has 1 heterocycles. The van der Waals surface area contributed by atoms with Crippen LogP contribution in [0.3, 0.4) is 0 Å². The Morgan fingerprint density at radius 3 is 1.50 bits per heavy atom. The van der Waals surface area contributed by atoms with Gasteiger partial charge in [-0.15, -0.1) is 0 Å². The van der Waals surface area contributed by atoms with Crippen molar-refractivity contribution in [2.24, 2.45) is 0 Å². The van der Waals surface area contributed by atoms with Gasteiger partial charge in [0.05, 0.1) is 0 Å². The van der Waals surface area contributed by atoms with Crippen molar-refractivity contribution >= 4 is 25.9 Å². The zero-order chi connectivity index (χ0) is 12.4. The van der Waals surface area contributed by atoms with E-state index in [-0.39, 0.29) is 0 Å². The van der Waals surface area contributed by atoms with Crippen molar-refractivity contribution in [3.05, 3.63) is 0 Å². The second-order valence-electron chi connectivity index (χ2n) is 4.23. The normalized spacial score (nSPS) is 44.6. The van der Waals surface area contributed by atoms with Gasteiger partial charge < -0.3 is 13.3 Å². The molecule has 1 saturated heterocycles. The summed E-state index contributed by atoms with van der Waals surface area (Å²) >= 11 is 0. The van der Waals surface area contributed by atoms with Crippen molar-refractivity contribution in [2.75, 3.05) is 21.3 Å². The number of rotatable bonds is 4. The fourth-order valence-electron chi connectivity index (χ4n) is 1.95. The highest BCUT2D eigenvalue weighted by molar-refractivity contribution is 7.00. The maximum Gasteiger partial charge on any atom is 0.343 e. The summed E-state index contributed by atoms with van der Waals surface area (Å²) in [5.41, 5.74) is 0. The Morgan fingerprint density at radius 1 is 0.812 bits per heavy atom. The van der Waals surface area contributed by atoms with Crippen LogP contribution < -0.4 is 13.9 Å². The number of nitrogens with one attached hydrogen (secondary N) is 3. The van der Waals surface area contributed by atoms with Gasteiger partial charge in [0.25, 0.3) is 0 Å². The van der Waals surface area contributed by atoms with Gasteiger partial charge in [0.15, 0.2) is 0 Å². The SMILES string of the molecule is CC[Si]1(OC)N[Si](C)(OC)N[Si](C)(OC)N1. The van der Waals surface area contributed by atoms with Gasteiger partial charge >= 0.3 is 25.9 Å². The molecule has 0 amide bonds. The van der Waals surface area contributed by atoms with E-state index in [0.717, 1.165) is 6.04 Å². The zero-order valence-electron chi connectivity index (χ0n) is 10.9. The van der Waals surface area contributed by atoms with Gasteiger partial charge in [-0.2, -0.15) is 0 Å². The highest BCUT2D eigenvalue weighted by Gasteiger charge is 2.56. The van der Waals surface area contributed by atoms with Gasteiger partial charge in [-0.05, 0) is 19.1 Å². The summed E-state index contributed by atoms with van der Waals surface area (Å²) in [5, 5.41) is 0. The molecule has 0 spiro atoms. The summed E-state index contributed by atoms with van der Waals surface area (Å²) in [4.78, 5) is 0. The summed E-state index contributed by atoms with van der Waals surface area (Å²) in [5.74, 6) is 0. The molecular formula is C7H23N3O3Si3. The summed E-state index contributed by atoms with van der Waals surface area (Å²) in [6.45, 7) is 6.30. The molecule has 2 unspecified atom stereocenters. The van der Waals surface area contributed by atoms with Crippen molar-refractivity contribution in [3.63, 3.8) is 0 Å². The second-order valence-corrected chi connectivity index (χ2v) is 15.0. The number of hydrogen-bond donors (Lipinski definition) is 3. The van der Waals surface area contributed by atoms with Crippen molar-refractivity contribution in [1.29, 1.82) is 0 Å². The molecule has 0 aromatic heterocycles. The van der Waals surface area contributed by atoms with Crippen molar-refractivity contribution in [3.8, 4) is 0 Å². The van der Waals surface area contributed by atoms with Crippen LogP contribution in [0.2, 0.25) is 19.1 Å². The lowest BCUT2D eigenvalue weighted by Crippen LogP contribution is -2.92. The minimum Gasteiger partial charge on any atom is -0.396 e. The molecule has 2 atom stereocenters. The molecule has 0 aromatic rings. The van der Waals surface area contributed by atoms with E-state index in [4.69, 9.17) is 13.3 Å². The molecule has 0 aliphatic carbocycles. The Hall–Kier alpha value is 0.411. The van der Waals surface area contributed by atoms with E-state index in [0.29, 0.717) is 0 Å². The lowest BCUT2D eigenvalue weighted by molar-refractivity contribution is 0.321. The molecule has 1 rings (SSSR count). The van der Waals surface area contributed by atoms with Crippen LogP contribution in [0.15, 0.2) is 0 Å². The third-order valence-corrected chi connectivity index (χ3v) is 17.2. The zero-order valence-corrected chi connectivity index (χ0v) is 13.9. The van der Waals surface area contributed by atoms with Crippen LogP contribution in [-0.2, 0) is 13.3 Å². The first kappa shape index (κ1) is 14.5. The van der Waals surface area contributed by atoms with Crippen LogP contribution in [0, 0.1) is 0 Å². The minimum absolute atomic E-state index is 0.934. The molecule has 0 aromatic carbocycles. The Kier molecular flexibility index (Phi) is 4.48. The van der Waals surface area contributed by atoms with E-state index >= 15 is 0 Å². The molecule has 1 aliphatic heterocycles. The lowest BCUT2D eigenvalue weighted by atomic mass is 11.0. The van der Waals surface area contributed by atoms with E-state index in [2.05, 4.69) is 34.0 Å². The van der Waals surface area contributed by atoms with Crippen LogP contribution in [0.25, 0.3) is 0 Å². The summed E-state index contributed by atoms with van der Waals surface area (Å²) in [6, 6.07) is 0.934. The smallest absolute Gasteiger partial charge is 0.343 e. The minimum atomic E-state index is -2.13.